The zero-order valence-electron chi connectivity index (χ0n) is 18.2. The van der Waals surface area contributed by atoms with Crippen LogP contribution in [0.3, 0.4) is 0 Å². The minimum absolute atomic E-state index is 0.270. The summed E-state index contributed by atoms with van der Waals surface area (Å²) in [4.78, 5) is 12.9. The minimum atomic E-state index is -0.328. The van der Waals surface area contributed by atoms with Crippen molar-refractivity contribution in [3.8, 4) is 28.3 Å². The van der Waals surface area contributed by atoms with E-state index in [1.165, 1.54) is 0 Å². The van der Waals surface area contributed by atoms with Gasteiger partial charge >= 0.3 is 0 Å². The zero-order valence-corrected chi connectivity index (χ0v) is 18.2. The Hall–Kier alpha value is -4.52. The molecule has 5 rings (SSSR count). The second kappa shape index (κ2) is 8.55. The molecule has 0 radical (unpaired) electrons. The lowest BCUT2D eigenvalue weighted by Crippen LogP contribution is -2.14. The molecule has 0 bridgehead atoms. The first kappa shape index (κ1) is 20.4. The average Bonchev–Trinajstić information content (AvgIpc) is 3.48. The summed E-state index contributed by atoms with van der Waals surface area (Å²) in [7, 11) is 0. The Labute approximate surface area is 190 Å². The van der Waals surface area contributed by atoms with E-state index in [1.54, 1.807) is 4.68 Å². The van der Waals surface area contributed by atoms with Gasteiger partial charge in [-0.2, -0.15) is 0 Å². The molecule has 1 N–H and O–H groups in total. The summed E-state index contributed by atoms with van der Waals surface area (Å²) in [6.45, 7) is 3.84. The summed E-state index contributed by atoms with van der Waals surface area (Å²) in [5.41, 5.74) is 6.10. The lowest BCUT2D eigenvalue weighted by Gasteiger charge is -2.06. The summed E-state index contributed by atoms with van der Waals surface area (Å²) in [6, 6.07) is 27.0. The van der Waals surface area contributed by atoms with Gasteiger partial charge in [0, 0.05) is 22.9 Å². The highest BCUT2D eigenvalue weighted by atomic mass is 16.5. The van der Waals surface area contributed by atoms with Gasteiger partial charge in [-0.15, -0.1) is 5.10 Å². The molecule has 0 saturated carbocycles. The molecule has 3 aromatic carbocycles. The number of benzene rings is 3. The summed E-state index contributed by atoms with van der Waals surface area (Å²) in [6.07, 6.45) is 0. The van der Waals surface area contributed by atoms with Crippen molar-refractivity contribution < 1.29 is 9.32 Å². The molecular formula is C26H21N5O2. The van der Waals surface area contributed by atoms with Crippen molar-refractivity contribution in [3.05, 3.63) is 102 Å². The molecule has 33 heavy (non-hydrogen) atoms. The molecule has 5 aromatic rings. The molecule has 7 nitrogen and oxygen atoms in total. The van der Waals surface area contributed by atoms with E-state index in [9.17, 15) is 4.79 Å². The van der Waals surface area contributed by atoms with Crippen molar-refractivity contribution in [3.63, 3.8) is 0 Å². The number of nitrogens with zero attached hydrogens (tertiary/aromatic N) is 4. The van der Waals surface area contributed by atoms with Gasteiger partial charge in [0.2, 0.25) is 0 Å². The standard InChI is InChI=1S/C26H21N5O2/c1-17-11-13-22(14-12-17)31-18(2)25(28-30-31)26(32)27-21-10-6-9-20(15-21)24-16-23(29-33-24)19-7-4-3-5-8-19/h3-16H,1-2H3,(H,27,32). The van der Waals surface area contributed by atoms with Gasteiger partial charge in [-0.1, -0.05) is 70.5 Å². The molecule has 7 heteroatoms. The number of nitrogens with one attached hydrogen (secondary N) is 1. The predicted molar refractivity (Wildman–Crippen MR) is 126 cm³/mol. The number of amides is 1. The van der Waals surface area contributed by atoms with Crippen molar-refractivity contribution in [2.24, 2.45) is 0 Å². The number of aromatic nitrogens is 4. The Morgan fingerprint density at radius 1 is 0.879 bits per heavy atom. The van der Waals surface area contributed by atoms with Crippen LogP contribution in [0.25, 0.3) is 28.3 Å². The number of carbonyl (C=O) groups is 1. The molecule has 2 aromatic heterocycles. The summed E-state index contributed by atoms with van der Waals surface area (Å²) in [5.74, 6) is 0.289. The molecule has 0 fully saturated rings. The second-order valence-electron chi connectivity index (χ2n) is 7.75. The topological polar surface area (TPSA) is 85.8 Å². The molecule has 0 atom stereocenters. The van der Waals surface area contributed by atoms with Crippen LogP contribution in [-0.4, -0.2) is 26.1 Å². The molecule has 1 amide bonds. The Kier molecular flexibility index (Phi) is 5.28. The van der Waals surface area contributed by atoms with Crippen molar-refractivity contribution in [2.75, 3.05) is 5.32 Å². The van der Waals surface area contributed by atoms with Gasteiger partial charge in [0.25, 0.3) is 5.91 Å². The second-order valence-corrected chi connectivity index (χ2v) is 7.75. The highest BCUT2D eigenvalue weighted by Crippen LogP contribution is 2.27. The third-order valence-corrected chi connectivity index (χ3v) is 5.37. The van der Waals surface area contributed by atoms with Gasteiger partial charge in [-0.25, -0.2) is 4.68 Å². The Bertz CT molecular complexity index is 1420. The van der Waals surface area contributed by atoms with E-state index < -0.39 is 0 Å². The van der Waals surface area contributed by atoms with E-state index in [1.807, 2.05) is 98.8 Å². The van der Waals surface area contributed by atoms with Crippen LogP contribution in [0.1, 0.15) is 21.7 Å². The van der Waals surface area contributed by atoms with Gasteiger partial charge in [0.15, 0.2) is 11.5 Å². The number of rotatable bonds is 5. The molecule has 0 spiro atoms. The maximum Gasteiger partial charge on any atom is 0.278 e. The number of hydrogen-bond donors (Lipinski definition) is 1. The zero-order chi connectivity index (χ0) is 22.8. The van der Waals surface area contributed by atoms with Crippen molar-refractivity contribution in [2.45, 2.75) is 13.8 Å². The van der Waals surface area contributed by atoms with Gasteiger partial charge < -0.3 is 9.84 Å². The van der Waals surface area contributed by atoms with Gasteiger partial charge in [0.05, 0.1) is 11.4 Å². The van der Waals surface area contributed by atoms with Crippen LogP contribution < -0.4 is 5.32 Å². The molecule has 0 unspecified atom stereocenters. The first-order valence-electron chi connectivity index (χ1n) is 10.5. The Morgan fingerprint density at radius 2 is 1.64 bits per heavy atom. The normalized spacial score (nSPS) is 10.8. The van der Waals surface area contributed by atoms with E-state index in [-0.39, 0.29) is 11.6 Å². The highest BCUT2D eigenvalue weighted by molar-refractivity contribution is 6.03. The van der Waals surface area contributed by atoms with Gasteiger partial charge in [0.1, 0.15) is 5.69 Å². The van der Waals surface area contributed by atoms with Crippen molar-refractivity contribution in [1.82, 2.24) is 20.2 Å². The Balaban J connectivity index is 1.36. The lowest BCUT2D eigenvalue weighted by molar-refractivity contribution is 0.102. The monoisotopic (exact) mass is 435 g/mol. The van der Waals surface area contributed by atoms with E-state index >= 15 is 0 Å². The molecule has 2 heterocycles. The maximum absolute atomic E-state index is 12.9. The van der Waals surface area contributed by atoms with Crippen LogP contribution in [0.4, 0.5) is 5.69 Å². The van der Waals surface area contributed by atoms with Crippen molar-refractivity contribution in [1.29, 1.82) is 0 Å². The SMILES string of the molecule is Cc1ccc(-n2nnc(C(=O)Nc3cccc(-c4cc(-c5ccccc5)no4)c3)c2C)cc1. The summed E-state index contributed by atoms with van der Waals surface area (Å²) < 4.78 is 7.20. The van der Waals surface area contributed by atoms with Crippen LogP contribution in [0, 0.1) is 13.8 Å². The van der Waals surface area contributed by atoms with E-state index in [4.69, 9.17) is 4.52 Å². The fourth-order valence-electron chi connectivity index (χ4n) is 3.57. The van der Waals surface area contributed by atoms with Crippen LogP contribution in [0.5, 0.6) is 0 Å². The summed E-state index contributed by atoms with van der Waals surface area (Å²) in [5, 5.41) is 15.3. The first-order chi connectivity index (χ1) is 16.1. The largest absolute Gasteiger partial charge is 0.356 e. The van der Waals surface area contributed by atoms with Crippen LogP contribution in [0.15, 0.2) is 89.5 Å². The maximum atomic E-state index is 12.9. The first-order valence-corrected chi connectivity index (χ1v) is 10.5. The smallest absolute Gasteiger partial charge is 0.278 e. The van der Waals surface area contributed by atoms with Crippen LogP contribution in [0.2, 0.25) is 0 Å². The van der Waals surface area contributed by atoms with E-state index in [2.05, 4.69) is 20.8 Å². The number of carbonyl (C=O) groups excluding carboxylic acids is 1. The Morgan fingerprint density at radius 3 is 2.42 bits per heavy atom. The molecular weight excluding hydrogens is 414 g/mol. The fraction of sp³-hybridized carbons (Fsp3) is 0.0769. The molecule has 0 saturated heterocycles. The summed E-state index contributed by atoms with van der Waals surface area (Å²) >= 11 is 0. The van der Waals surface area contributed by atoms with Gasteiger partial charge in [-0.3, -0.25) is 4.79 Å². The highest BCUT2D eigenvalue weighted by Gasteiger charge is 2.18. The average molecular weight is 435 g/mol. The van der Waals surface area contributed by atoms with Crippen molar-refractivity contribution >= 4 is 11.6 Å². The minimum Gasteiger partial charge on any atom is -0.356 e. The fourth-order valence-corrected chi connectivity index (χ4v) is 3.57. The predicted octanol–water partition coefficient (Wildman–Crippen LogP) is 5.46. The van der Waals surface area contributed by atoms with Crippen LogP contribution in [-0.2, 0) is 0 Å². The molecule has 0 aliphatic rings. The number of hydrogen-bond acceptors (Lipinski definition) is 5. The van der Waals surface area contributed by atoms with Gasteiger partial charge in [-0.05, 0) is 38.1 Å². The molecule has 162 valence electrons. The van der Waals surface area contributed by atoms with E-state index in [0.29, 0.717) is 17.1 Å². The molecule has 0 aliphatic heterocycles. The third kappa shape index (κ3) is 4.16. The quantitative estimate of drug-likeness (QED) is 0.396. The van der Waals surface area contributed by atoms with Crippen LogP contribution >= 0.6 is 0 Å². The van der Waals surface area contributed by atoms with E-state index in [0.717, 1.165) is 28.1 Å². The number of aryl methyl sites for hydroxylation is 1. The molecule has 0 aliphatic carbocycles. The number of anilines is 1. The lowest BCUT2D eigenvalue weighted by atomic mass is 10.1. The third-order valence-electron chi connectivity index (χ3n) is 5.37.